The molecule has 1 unspecified atom stereocenters. The third-order valence-electron chi connectivity index (χ3n) is 5.42. The SMILES string of the molecule is CCCC(c1nnnn1C(C)(C)C)N1CCN(Cc2ccccc2OC)CC1.Cl. The molecule has 29 heavy (non-hydrogen) atoms. The van der Waals surface area contributed by atoms with Gasteiger partial charge in [-0.2, -0.15) is 0 Å². The molecule has 0 amide bonds. The van der Waals surface area contributed by atoms with E-state index in [4.69, 9.17) is 4.74 Å². The molecule has 1 aliphatic heterocycles. The molecule has 0 bridgehead atoms. The van der Waals surface area contributed by atoms with Crippen molar-refractivity contribution in [1.82, 2.24) is 30.0 Å². The maximum absolute atomic E-state index is 5.51. The number of ether oxygens (including phenoxy) is 1. The maximum atomic E-state index is 5.51. The summed E-state index contributed by atoms with van der Waals surface area (Å²) in [6, 6.07) is 8.57. The Kier molecular flexibility index (Phi) is 8.43. The molecule has 8 heteroatoms. The summed E-state index contributed by atoms with van der Waals surface area (Å²) in [6.07, 6.45) is 2.19. The van der Waals surface area contributed by atoms with Gasteiger partial charge in [0, 0.05) is 38.3 Å². The second-order valence-electron chi connectivity index (χ2n) is 8.55. The topological polar surface area (TPSA) is 59.3 Å². The molecule has 1 saturated heterocycles. The maximum Gasteiger partial charge on any atom is 0.168 e. The molecular weight excluding hydrogens is 388 g/mol. The Labute approximate surface area is 180 Å². The molecule has 1 aromatic carbocycles. The number of benzene rings is 1. The van der Waals surface area contributed by atoms with E-state index in [0.29, 0.717) is 0 Å². The molecule has 162 valence electrons. The minimum atomic E-state index is -0.115. The minimum absolute atomic E-state index is 0. The Morgan fingerprint density at radius 2 is 1.79 bits per heavy atom. The van der Waals surface area contributed by atoms with Gasteiger partial charge >= 0.3 is 0 Å². The Morgan fingerprint density at radius 1 is 1.10 bits per heavy atom. The molecule has 2 aromatic rings. The van der Waals surface area contributed by atoms with E-state index in [1.54, 1.807) is 7.11 Å². The van der Waals surface area contributed by atoms with Crippen molar-refractivity contribution in [3.05, 3.63) is 35.7 Å². The van der Waals surface area contributed by atoms with E-state index in [1.165, 1.54) is 5.56 Å². The smallest absolute Gasteiger partial charge is 0.168 e. The van der Waals surface area contributed by atoms with Crippen LogP contribution in [0.3, 0.4) is 0 Å². The number of methoxy groups -OCH3 is 1. The van der Waals surface area contributed by atoms with Crippen LogP contribution >= 0.6 is 12.4 Å². The lowest BCUT2D eigenvalue weighted by molar-refractivity contribution is 0.0791. The molecular formula is C21H35ClN6O. The molecule has 3 rings (SSSR count). The van der Waals surface area contributed by atoms with Crippen LogP contribution in [-0.4, -0.2) is 63.3 Å². The number of rotatable bonds is 7. The van der Waals surface area contributed by atoms with E-state index < -0.39 is 0 Å². The molecule has 1 aliphatic rings. The molecule has 1 aromatic heterocycles. The first-order valence-corrected chi connectivity index (χ1v) is 10.3. The highest BCUT2D eigenvalue weighted by Gasteiger charge is 2.31. The van der Waals surface area contributed by atoms with Crippen LogP contribution < -0.4 is 4.74 Å². The van der Waals surface area contributed by atoms with Gasteiger partial charge in [-0.15, -0.1) is 17.5 Å². The summed E-state index contributed by atoms with van der Waals surface area (Å²) in [5, 5.41) is 12.7. The lowest BCUT2D eigenvalue weighted by atomic mass is 10.0. The van der Waals surface area contributed by atoms with Crippen molar-refractivity contribution >= 4 is 12.4 Å². The van der Waals surface area contributed by atoms with Crippen LogP contribution in [0.2, 0.25) is 0 Å². The second-order valence-corrected chi connectivity index (χ2v) is 8.55. The predicted octanol–water partition coefficient (Wildman–Crippen LogP) is 3.52. The highest BCUT2D eigenvalue weighted by molar-refractivity contribution is 5.85. The number of para-hydroxylation sites is 1. The average molecular weight is 423 g/mol. The van der Waals surface area contributed by atoms with Gasteiger partial charge in [-0.3, -0.25) is 9.80 Å². The second kappa shape index (κ2) is 10.4. The molecule has 0 saturated carbocycles. The van der Waals surface area contributed by atoms with Gasteiger partial charge in [0.25, 0.3) is 0 Å². The zero-order valence-electron chi connectivity index (χ0n) is 18.3. The van der Waals surface area contributed by atoms with Crippen molar-refractivity contribution in [3.8, 4) is 5.75 Å². The van der Waals surface area contributed by atoms with E-state index in [1.807, 2.05) is 16.8 Å². The van der Waals surface area contributed by atoms with E-state index >= 15 is 0 Å². The number of halogens is 1. The number of tetrazole rings is 1. The first kappa shape index (κ1) is 23.6. The van der Waals surface area contributed by atoms with Crippen LogP contribution in [0.5, 0.6) is 5.75 Å². The Morgan fingerprint density at radius 3 is 2.41 bits per heavy atom. The monoisotopic (exact) mass is 422 g/mol. The van der Waals surface area contributed by atoms with Gasteiger partial charge in [0.15, 0.2) is 5.82 Å². The Balaban J connectivity index is 0.00000300. The fourth-order valence-electron chi connectivity index (χ4n) is 3.94. The van der Waals surface area contributed by atoms with Crippen LogP contribution in [0.1, 0.15) is 58.0 Å². The number of hydrogen-bond donors (Lipinski definition) is 0. The van der Waals surface area contributed by atoms with Crippen molar-refractivity contribution in [3.63, 3.8) is 0 Å². The Hall–Kier alpha value is -1.70. The Bertz CT molecular complexity index is 752. The lowest BCUT2D eigenvalue weighted by Crippen LogP contribution is -2.48. The summed E-state index contributed by atoms with van der Waals surface area (Å²) in [5.41, 5.74) is 1.14. The van der Waals surface area contributed by atoms with Crippen LogP contribution in [0.15, 0.2) is 24.3 Å². The summed E-state index contributed by atoms with van der Waals surface area (Å²) >= 11 is 0. The van der Waals surface area contributed by atoms with Gasteiger partial charge in [0.2, 0.25) is 0 Å². The average Bonchev–Trinajstić information content (AvgIpc) is 3.17. The fraction of sp³-hybridized carbons (Fsp3) is 0.667. The molecule has 0 radical (unpaired) electrons. The normalized spacial score (nSPS) is 17.0. The van der Waals surface area contributed by atoms with Gasteiger partial charge in [-0.05, 0) is 43.7 Å². The van der Waals surface area contributed by atoms with Crippen LogP contribution in [0, 0.1) is 0 Å². The van der Waals surface area contributed by atoms with E-state index in [0.717, 1.165) is 57.1 Å². The molecule has 0 N–H and O–H groups in total. The molecule has 0 spiro atoms. The first-order chi connectivity index (χ1) is 13.4. The van der Waals surface area contributed by atoms with E-state index in [9.17, 15) is 0 Å². The summed E-state index contributed by atoms with van der Waals surface area (Å²) in [7, 11) is 1.74. The summed E-state index contributed by atoms with van der Waals surface area (Å²) in [4.78, 5) is 5.06. The highest BCUT2D eigenvalue weighted by atomic mass is 35.5. The van der Waals surface area contributed by atoms with Crippen LogP contribution in [0.25, 0.3) is 0 Å². The summed E-state index contributed by atoms with van der Waals surface area (Å²) < 4.78 is 7.50. The number of hydrogen-bond acceptors (Lipinski definition) is 6. The molecule has 2 heterocycles. The van der Waals surface area contributed by atoms with Gasteiger partial charge in [0.1, 0.15) is 5.75 Å². The quantitative estimate of drug-likeness (QED) is 0.680. The number of aromatic nitrogens is 4. The number of piperazine rings is 1. The third kappa shape index (κ3) is 5.68. The van der Waals surface area contributed by atoms with Crippen LogP contribution in [-0.2, 0) is 12.1 Å². The van der Waals surface area contributed by atoms with Gasteiger partial charge in [0.05, 0.1) is 18.7 Å². The van der Waals surface area contributed by atoms with Crippen molar-refractivity contribution < 1.29 is 4.74 Å². The van der Waals surface area contributed by atoms with Gasteiger partial charge in [-0.1, -0.05) is 31.5 Å². The summed E-state index contributed by atoms with van der Waals surface area (Å²) in [6.45, 7) is 13.7. The minimum Gasteiger partial charge on any atom is -0.496 e. The zero-order valence-corrected chi connectivity index (χ0v) is 19.2. The van der Waals surface area contributed by atoms with Crippen LogP contribution in [0.4, 0.5) is 0 Å². The largest absolute Gasteiger partial charge is 0.496 e. The van der Waals surface area contributed by atoms with Crippen molar-refractivity contribution in [2.45, 2.75) is 58.7 Å². The van der Waals surface area contributed by atoms with Gasteiger partial charge in [-0.25, -0.2) is 4.68 Å². The molecule has 1 atom stereocenters. The lowest BCUT2D eigenvalue weighted by Gasteiger charge is -2.39. The third-order valence-corrected chi connectivity index (χ3v) is 5.42. The van der Waals surface area contributed by atoms with Crippen molar-refractivity contribution in [2.75, 3.05) is 33.3 Å². The highest BCUT2D eigenvalue weighted by Crippen LogP contribution is 2.28. The first-order valence-electron chi connectivity index (χ1n) is 10.3. The van der Waals surface area contributed by atoms with E-state index in [2.05, 4.69) is 65.2 Å². The molecule has 0 aliphatic carbocycles. The zero-order chi connectivity index (χ0) is 20.1. The van der Waals surface area contributed by atoms with Crippen molar-refractivity contribution in [2.24, 2.45) is 0 Å². The number of nitrogens with zero attached hydrogens (tertiary/aromatic N) is 6. The standard InChI is InChI=1S/C21H34N6O.ClH/c1-6-9-18(20-22-23-24-27(20)21(2,3)4)26-14-12-25(13-15-26)16-17-10-7-8-11-19(17)28-5;/h7-8,10-11,18H,6,9,12-16H2,1-5H3;1H. The predicted molar refractivity (Wildman–Crippen MR) is 118 cm³/mol. The molecule has 1 fully saturated rings. The fourth-order valence-corrected chi connectivity index (χ4v) is 3.94. The van der Waals surface area contributed by atoms with E-state index in [-0.39, 0.29) is 24.0 Å². The van der Waals surface area contributed by atoms with Gasteiger partial charge < -0.3 is 4.74 Å². The molecule has 7 nitrogen and oxygen atoms in total. The van der Waals surface area contributed by atoms with Crippen molar-refractivity contribution in [1.29, 1.82) is 0 Å². The summed E-state index contributed by atoms with van der Waals surface area (Å²) in [5.74, 6) is 1.96.